The van der Waals surface area contributed by atoms with Gasteiger partial charge in [0.15, 0.2) is 0 Å². The molecule has 5 nitrogen and oxygen atoms in total. The van der Waals surface area contributed by atoms with E-state index in [-0.39, 0.29) is 29.7 Å². The van der Waals surface area contributed by atoms with Gasteiger partial charge in [-0.2, -0.15) is 0 Å². The maximum absolute atomic E-state index is 13.6. The molecule has 6 heteroatoms. The number of piperidine rings is 1. The van der Waals surface area contributed by atoms with Crippen LogP contribution < -0.4 is 5.56 Å². The summed E-state index contributed by atoms with van der Waals surface area (Å²) in [6, 6.07) is 11.9. The number of amides is 1. The van der Waals surface area contributed by atoms with Gasteiger partial charge in [-0.3, -0.25) is 9.59 Å². The summed E-state index contributed by atoms with van der Waals surface area (Å²) in [5.74, 6) is 0.246. The molecule has 4 heterocycles. The van der Waals surface area contributed by atoms with Gasteiger partial charge in [0, 0.05) is 43.5 Å². The third-order valence-electron chi connectivity index (χ3n) is 5.87. The third-order valence-corrected chi connectivity index (χ3v) is 5.87. The molecule has 3 aromatic rings. The maximum Gasteiger partial charge on any atom is 0.250 e. The van der Waals surface area contributed by atoms with Crippen molar-refractivity contribution in [1.29, 1.82) is 0 Å². The van der Waals surface area contributed by atoms with Crippen LogP contribution in [-0.2, 0) is 17.9 Å². The van der Waals surface area contributed by atoms with Crippen molar-refractivity contribution in [2.24, 2.45) is 5.92 Å². The van der Waals surface area contributed by atoms with E-state index < -0.39 is 0 Å². The van der Waals surface area contributed by atoms with Crippen molar-refractivity contribution in [3.8, 4) is 0 Å². The summed E-state index contributed by atoms with van der Waals surface area (Å²) in [5.41, 5.74) is 1.81. The second-order valence-electron chi connectivity index (χ2n) is 7.64. The molecule has 5 rings (SSSR count). The minimum atomic E-state index is -0.301. The second kappa shape index (κ2) is 6.08. The third kappa shape index (κ3) is 2.76. The molecule has 0 unspecified atom stereocenters. The van der Waals surface area contributed by atoms with Crippen LogP contribution in [0.3, 0.4) is 0 Å². The summed E-state index contributed by atoms with van der Waals surface area (Å²) >= 11 is 0. The van der Waals surface area contributed by atoms with Gasteiger partial charge in [0.05, 0.1) is 5.52 Å². The van der Waals surface area contributed by atoms with E-state index in [2.05, 4.69) is 0 Å². The first-order valence-corrected chi connectivity index (χ1v) is 9.30. The van der Waals surface area contributed by atoms with Crippen molar-refractivity contribution in [2.45, 2.75) is 25.4 Å². The maximum atomic E-state index is 13.6. The van der Waals surface area contributed by atoms with Gasteiger partial charge in [-0.1, -0.05) is 6.07 Å². The molecular weight excluding hydrogens is 345 g/mol. The molecule has 1 fully saturated rings. The molecule has 1 amide bonds. The summed E-state index contributed by atoms with van der Waals surface area (Å²) in [6.07, 6.45) is 2.85. The summed E-state index contributed by atoms with van der Waals surface area (Å²) in [7, 11) is 0. The summed E-state index contributed by atoms with van der Waals surface area (Å²) in [5, 5.41) is 0.924. The first-order chi connectivity index (χ1) is 13.1. The highest BCUT2D eigenvalue weighted by atomic mass is 19.1. The van der Waals surface area contributed by atoms with Crippen molar-refractivity contribution in [1.82, 2.24) is 14.0 Å². The van der Waals surface area contributed by atoms with Crippen molar-refractivity contribution < 1.29 is 9.18 Å². The Morgan fingerprint density at radius 1 is 1.11 bits per heavy atom. The van der Waals surface area contributed by atoms with E-state index in [1.807, 2.05) is 32.4 Å². The van der Waals surface area contributed by atoms with Crippen LogP contribution in [0.25, 0.3) is 10.9 Å². The van der Waals surface area contributed by atoms with E-state index >= 15 is 0 Å². The van der Waals surface area contributed by atoms with E-state index in [0.717, 1.165) is 23.0 Å². The largest absolute Gasteiger partial charge is 0.340 e. The fraction of sp³-hybridized carbons (Fsp3) is 0.333. The molecule has 2 bridgehead atoms. The molecule has 2 aliphatic heterocycles. The Morgan fingerprint density at radius 3 is 2.89 bits per heavy atom. The lowest BCUT2D eigenvalue weighted by molar-refractivity contribution is -0.134. The van der Waals surface area contributed by atoms with Crippen molar-refractivity contribution >= 4 is 16.8 Å². The molecule has 0 radical (unpaired) electrons. The predicted octanol–water partition coefficient (Wildman–Crippen LogP) is 2.59. The van der Waals surface area contributed by atoms with Crippen LogP contribution >= 0.6 is 0 Å². The van der Waals surface area contributed by atoms with E-state index in [1.165, 1.54) is 12.1 Å². The van der Waals surface area contributed by atoms with Crippen LogP contribution in [0.2, 0.25) is 0 Å². The molecule has 27 heavy (non-hydrogen) atoms. The van der Waals surface area contributed by atoms with Gasteiger partial charge in [0.25, 0.3) is 5.56 Å². The normalized spacial score (nSPS) is 21.3. The molecule has 2 aliphatic rings. The SMILES string of the molecule is O=C(Cn1ccc2ccc(F)cc21)N1C[C@H]2C[C@H](C1)c1cccc(=O)n1C2. The fourth-order valence-electron chi connectivity index (χ4n) is 4.64. The van der Waals surface area contributed by atoms with E-state index in [0.29, 0.717) is 25.6 Å². The van der Waals surface area contributed by atoms with Gasteiger partial charge in [0.2, 0.25) is 5.91 Å². The van der Waals surface area contributed by atoms with Crippen molar-refractivity contribution in [2.75, 3.05) is 13.1 Å². The molecule has 1 saturated heterocycles. The number of hydrogen-bond acceptors (Lipinski definition) is 2. The summed E-state index contributed by atoms with van der Waals surface area (Å²) in [4.78, 5) is 27.0. The number of benzene rings is 1. The fourth-order valence-corrected chi connectivity index (χ4v) is 4.64. The van der Waals surface area contributed by atoms with Gasteiger partial charge in [-0.05, 0) is 48.1 Å². The van der Waals surface area contributed by atoms with Crippen molar-refractivity contribution in [3.63, 3.8) is 0 Å². The molecule has 0 saturated carbocycles. The van der Waals surface area contributed by atoms with Gasteiger partial charge in [-0.15, -0.1) is 0 Å². The average Bonchev–Trinajstić information content (AvgIpc) is 3.04. The number of carbonyl (C=O) groups is 1. The molecular formula is C21H20FN3O2. The van der Waals surface area contributed by atoms with Crippen LogP contribution in [0.4, 0.5) is 4.39 Å². The Labute approximate surface area is 155 Å². The molecule has 1 aromatic carbocycles. The van der Waals surface area contributed by atoms with Gasteiger partial charge in [-0.25, -0.2) is 4.39 Å². The van der Waals surface area contributed by atoms with Crippen LogP contribution in [0.5, 0.6) is 0 Å². The lowest BCUT2D eigenvalue weighted by Crippen LogP contribution is -2.49. The number of halogens is 1. The van der Waals surface area contributed by atoms with E-state index in [9.17, 15) is 14.0 Å². The van der Waals surface area contributed by atoms with Crippen LogP contribution in [0.1, 0.15) is 18.0 Å². The van der Waals surface area contributed by atoms with Crippen LogP contribution in [0, 0.1) is 11.7 Å². The van der Waals surface area contributed by atoms with Gasteiger partial charge >= 0.3 is 0 Å². The number of aromatic nitrogens is 2. The first-order valence-electron chi connectivity index (χ1n) is 9.30. The quantitative estimate of drug-likeness (QED) is 0.701. The Hall–Kier alpha value is -2.89. The van der Waals surface area contributed by atoms with E-state index in [4.69, 9.17) is 0 Å². The minimum Gasteiger partial charge on any atom is -0.340 e. The lowest BCUT2D eigenvalue weighted by atomic mass is 9.83. The smallest absolute Gasteiger partial charge is 0.250 e. The first kappa shape index (κ1) is 16.3. The Morgan fingerprint density at radius 2 is 2.00 bits per heavy atom. The Kier molecular flexibility index (Phi) is 3.67. The number of likely N-dealkylation sites (tertiary alicyclic amines) is 1. The monoisotopic (exact) mass is 365 g/mol. The highest BCUT2D eigenvalue weighted by Crippen LogP contribution is 2.35. The Bertz CT molecular complexity index is 1100. The zero-order valence-corrected chi connectivity index (χ0v) is 14.8. The highest BCUT2D eigenvalue weighted by Gasteiger charge is 2.36. The van der Waals surface area contributed by atoms with Crippen molar-refractivity contribution in [3.05, 3.63) is 70.5 Å². The molecule has 2 atom stereocenters. The summed E-state index contributed by atoms with van der Waals surface area (Å²) in [6.45, 7) is 2.18. The molecule has 2 aromatic heterocycles. The molecule has 0 N–H and O–H groups in total. The van der Waals surface area contributed by atoms with Crippen LogP contribution in [-0.4, -0.2) is 33.0 Å². The zero-order chi connectivity index (χ0) is 18.5. The number of rotatable bonds is 2. The topological polar surface area (TPSA) is 47.2 Å². The second-order valence-corrected chi connectivity index (χ2v) is 7.64. The Balaban J connectivity index is 1.39. The number of pyridine rings is 1. The molecule has 138 valence electrons. The zero-order valence-electron chi connectivity index (χ0n) is 14.8. The predicted molar refractivity (Wildman–Crippen MR) is 100 cm³/mol. The molecule has 0 aliphatic carbocycles. The standard InChI is InChI=1S/C21H20FN3O2/c22-17-5-4-15-6-7-23(19(15)9-17)13-21(27)24-10-14-8-16(12-24)18-2-1-3-20(26)25(18)11-14/h1-7,9,14,16H,8,10-13H2/t14-,16-/m1/s1. The van der Waals surface area contributed by atoms with Gasteiger partial charge < -0.3 is 14.0 Å². The lowest BCUT2D eigenvalue weighted by Gasteiger charge is -2.42. The van der Waals surface area contributed by atoms with Crippen LogP contribution in [0.15, 0.2) is 53.5 Å². The van der Waals surface area contributed by atoms with Gasteiger partial charge in [0.1, 0.15) is 12.4 Å². The summed E-state index contributed by atoms with van der Waals surface area (Å²) < 4.78 is 17.3. The minimum absolute atomic E-state index is 0.0400. The number of hydrogen-bond donors (Lipinski definition) is 0. The number of nitrogens with zero attached hydrogens (tertiary/aromatic N) is 3. The number of carbonyl (C=O) groups excluding carboxylic acids is 1. The van der Waals surface area contributed by atoms with E-state index in [1.54, 1.807) is 18.2 Å². The molecule has 0 spiro atoms. The number of fused-ring (bicyclic) bond motifs is 5. The highest BCUT2D eigenvalue weighted by molar-refractivity contribution is 5.83. The average molecular weight is 365 g/mol.